The molecule has 1 saturated carbocycles. The smallest absolute Gasteiger partial charge is 0.240 e. The second-order valence-electron chi connectivity index (χ2n) is 9.72. The minimum Gasteiger partial charge on any atom is -0.390 e. The lowest BCUT2D eigenvalue weighted by Gasteiger charge is -2.31. The molecule has 4 heterocycles. The van der Waals surface area contributed by atoms with Gasteiger partial charge in [-0.1, -0.05) is 6.92 Å². The van der Waals surface area contributed by atoms with E-state index in [1.807, 2.05) is 32.0 Å². The van der Waals surface area contributed by atoms with Gasteiger partial charge in [-0.25, -0.2) is 14.5 Å². The monoisotopic (exact) mass is 450 g/mol. The van der Waals surface area contributed by atoms with E-state index in [9.17, 15) is 5.11 Å². The van der Waals surface area contributed by atoms with E-state index in [1.54, 1.807) is 10.7 Å². The van der Waals surface area contributed by atoms with Crippen LogP contribution in [0.25, 0.3) is 27.9 Å². The van der Waals surface area contributed by atoms with E-state index >= 15 is 0 Å². The Labute approximate surface area is 193 Å². The van der Waals surface area contributed by atoms with Crippen molar-refractivity contribution < 1.29 is 5.11 Å². The van der Waals surface area contributed by atoms with Crippen LogP contribution < -0.4 is 11.5 Å². The van der Waals surface area contributed by atoms with Crippen molar-refractivity contribution in [2.45, 2.75) is 71.9 Å². The third-order valence-corrected chi connectivity index (χ3v) is 6.41. The summed E-state index contributed by atoms with van der Waals surface area (Å²) in [4.78, 5) is 13.4. The molecule has 5 rings (SSSR count). The van der Waals surface area contributed by atoms with E-state index in [2.05, 4.69) is 40.4 Å². The van der Waals surface area contributed by atoms with Crippen LogP contribution in [-0.4, -0.2) is 39.8 Å². The Bertz CT molecular complexity index is 1280. The van der Waals surface area contributed by atoms with Crippen LogP contribution in [0, 0.1) is 12.8 Å². The van der Waals surface area contributed by atoms with E-state index in [4.69, 9.17) is 16.5 Å². The highest BCUT2D eigenvalue weighted by Crippen LogP contribution is 2.31. The minimum atomic E-state index is -0.341. The second-order valence-corrected chi connectivity index (χ2v) is 9.72. The van der Waals surface area contributed by atoms with Gasteiger partial charge in [-0.15, -0.1) is 5.10 Å². The Hall–Kier alpha value is -3.20. The van der Waals surface area contributed by atoms with Crippen LogP contribution in [0.4, 0.5) is 11.8 Å². The summed E-state index contributed by atoms with van der Waals surface area (Å²) in [5.41, 5.74) is 15.4. The summed E-state index contributed by atoms with van der Waals surface area (Å²) in [5.74, 6) is 2.25. The van der Waals surface area contributed by atoms with Crippen molar-refractivity contribution in [3.05, 3.63) is 30.2 Å². The molecule has 4 aromatic heterocycles. The highest BCUT2D eigenvalue weighted by molar-refractivity contribution is 5.88. The lowest BCUT2D eigenvalue weighted by Crippen LogP contribution is -2.29. The van der Waals surface area contributed by atoms with E-state index in [1.165, 1.54) is 12.8 Å². The third-order valence-electron chi connectivity index (χ3n) is 6.41. The number of fused-ring (bicyclic) bond motifs is 2. The number of imidazole rings is 1. The standard InChI is InChI=1S/C16H18N8.C8H16O/c1-8(2)24-9(3)19-12-5-4-11(20-15(12)24)10-6-7-23-13(10)14(17)21-16(18)22-23;1-7-3-5-8(2,9)6-4-7/h4-8H,1-3H3,(H4,17,18,21,22);7,9H,3-6H2,1-2H3. The molecule has 0 aromatic carbocycles. The van der Waals surface area contributed by atoms with Crippen molar-refractivity contribution in [2.75, 3.05) is 11.5 Å². The van der Waals surface area contributed by atoms with Crippen molar-refractivity contribution in [1.82, 2.24) is 29.1 Å². The number of aryl methyl sites for hydroxylation is 1. The first-order chi connectivity index (χ1) is 15.6. The van der Waals surface area contributed by atoms with Gasteiger partial charge in [0.1, 0.15) is 16.9 Å². The first kappa shape index (κ1) is 23.0. The van der Waals surface area contributed by atoms with E-state index in [0.29, 0.717) is 11.3 Å². The summed E-state index contributed by atoms with van der Waals surface area (Å²) in [6.07, 6.45) is 6.19. The van der Waals surface area contributed by atoms with Crippen LogP contribution in [-0.2, 0) is 0 Å². The molecule has 1 fully saturated rings. The SMILES string of the molecule is CC1CCC(C)(O)CC1.Cc1nc2ccc(-c3ccn4nc(N)nc(N)c34)nc2n1C(C)C. The number of hydrogen-bond donors (Lipinski definition) is 3. The quantitative estimate of drug-likeness (QED) is 0.418. The van der Waals surface area contributed by atoms with Gasteiger partial charge in [-0.2, -0.15) is 4.98 Å². The highest BCUT2D eigenvalue weighted by atomic mass is 16.3. The van der Waals surface area contributed by atoms with Gasteiger partial charge in [-0.3, -0.25) is 0 Å². The fourth-order valence-electron chi connectivity index (χ4n) is 4.52. The molecule has 0 atom stereocenters. The van der Waals surface area contributed by atoms with Crippen LogP contribution in [0.2, 0.25) is 0 Å². The molecule has 0 spiro atoms. The number of nitrogens with zero attached hydrogens (tertiary/aromatic N) is 6. The molecule has 176 valence electrons. The molecule has 9 heteroatoms. The number of pyridine rings is 1. The minimum absolute atomic E-state index is 0.138. The lowest BCUT2D eigenvalue weighted by atomic mass is 9.81. The van der Waals surface area contributed by atoms with Crippen molar-refractivity contribution in [3.8, 4) is 11.3 Å². The Balaban J connectivity index is 0.000000243. The number of aliphatic hydroxyl groups is 1. The van der Waals surface area contributed by atoms with Crippen LogP contribution in [0.15, 0.2) is 24.4 Å². The number of rotatable bonds is 2. The Kier molecular flexibility index (Phi) is 6.00. The first-order valence-electron chi connectivity index (χ1n) is 11.5. The largest absolute Gasteiger partial charge is 0.390 e. The van der Waals surface area contributed by atoms with Gasteiger partial charge in [-0.05, 0) is 77.5 Å². The fourth-order valence-corrected chi connectivity index (χ4v) is 4.52. The Morgan fingerprint density at radius 1 is 1.09 bits per heavy atom. The molecule has 0 amide bonds. The lowest BCUT2D eigenvalue weighted by molar-refractivity contribution is 0.0104. The summed E-state index contributed by atoms with van der Waals surface area (Å²) >= 11 is 0. The molecule has 0 saturated heterocycles. The Morgan fingerprint density at radius 3 is 2.42 bits per heavy atom. The van der Waals surface area contributed by atoms with Crippen LogP contribution in [0.5, 0.6) is 0 Å². The number of aromatic nitrogens is 6. The number of nitrogens with two attached hydrogens (primary N) is 2. The zero-order valence-corrected chi connectivity index (χ0v) is 20.1. The van der Waals surface area contributed by atoms with Gasteiger partial charge >= 0.3 is 0 Å². The normalized spacial score (nSPS) is 20.9. The topological polar surface area (TPSA) is 133 Å². The molecule has 0 unspecified atom stereocenters. The summed E-state index contributed by atoms with van der Waals surface area (Å²) < 4.78 is 3.75. The fraction of sp³-hybridized carbons (Fsp3) is 0.500. The Morgan fingerprint density at radius 2 is 1.79 bits per heavy atom. The summed E-state index contributed by atoms with van der Waals surface area (Å²) in [5, 5.41) is 13.6. The van der Waals surface area contributed by atoms with E-state index in [0.717, 1.165) is 47.0 Å². The molecule has 1 aliphatic carbocycles. The number of hydrogen-bond acceptors (Lipinski definition) is 7. The van der Waals surface area contributed by atoms with Gasteiger partial charge in [0, 0.05) is 17.8 Å². The van der Waals surface area contributed by atoms with Gasteiger partial charge in [0.05, 0.1) is 11.3 Å². The molecule has 0 bridgehead atoms. The highest BCUT2D eigenvalue weighted by Gasteiger charge is 2.26. The average molecular weight is 451 g/mol. The molecular weight excluding hydrogens is 416 g/mol. The van der Waals surface area contributed by atoms with Gasteiger partial charge in [0.2, 0.25) is 5.95 Å². The molecule has 1 aliphatic rings. The predicted octanol–water partition coefficient (Wildman–Crippen LogP) is 4.14. The van der Waals surface area contributed by atoms with Gasteiger partial charge in [0.15, 0.2) is 11.5 Å². The van der Waals surface area contributed by atoms with Crippen molar-refractivity contribution in [1.29, 1.82) is 0 Å². The molecular formula is C24H34N8O. The second kappa shape index (κ2) is 8.62. The van der Waals surface area contributed by atoms with Crippen molar-refractivity contribution in [2.24, 2.45) is 5.92 Å². The van der Waals surface area contributed by atoms with Crippen molar-refractivity contribution >= 4 is 28.4 Å². The van der Waals surface area contributed by atoms with Crippen LogP contribution in [0.1, 0.15) is 65.2 Å². The predicted molar refractivity (Wildman–Crippen MR) is 132 cm³/mol. The first-order valence-corrected chi connectivity index (χ1v) is 11.5. The maximum atomic E-state index is 9.49. The third kappa shape index (κ3) is 4.64. The zero-order valence-electron chi connectivity index (χ0n) is 20.1. The zero-order chi connectivity index (χ0) is 23.9. The van der Waals surface area contributed by atoms with E-state index < -0.39 is 0 Å². The average Bonchev–Trinajstić information content (AvgIpc) is 3.30. The molecule has 0 aliphatic heterocycles. The molecule has 9 nitrogen and oxygen atoms in total. The van der Waals surface area contributed by atoms with Crippen molar-refractivity contribution in [3.63, 3.8) is 0 Å². The maximum absolute atomic E-state index is 9.49. The maximum Gasteiger partial charge on any atom is 0.240 e. The van der Waals surface area contributed by atoms with Gasteiger partial charge < -0.3 is 21.1 Å². The summed E-state index contributed by atoms with van der Waals surface area (Å²) in [6, 6.07) is 6.10. The molecule has 4 aromatic rings. The molecule has 5 N–H and O–H groups in total. The summed E-state index contributed by atoms with van der Waals surface area (Å²) in [6.45, 7) is 10.4. The van der Waals surface area contributed by atoms with Crippen LogP contribution >= 0.6 is 0 Å². The number of anilines is 2. The van der Waals surface area contributed by atoms with Gasteiger partial charge in [0.25, 0.3) is 0 Å². The number of nitrogen functional groups attached to an aromatic ring is 2. The molecule has 33 heavy (non-hydrogen) atoms. The van der Waals surface area contributed by atoms with Crippen LogP contribution in [0.3, 0.4) is 0 Å². The molecule has 0 radical (unpaired) electrons. The summed E-state index contributed by atoms with van der Waals surface area (Å²) in [7, 11) is 0. The van der Waals surface area contributed by atoms with E-state index in [-0.39, 0.29) is 17.6 Å².